The van der Waals surface area contributed by atoms with Crippen molar-refractivity contribution in [3.05, 3.63) is 23.9 Å². The van der Waals surface area contributed by atoms with Gasteiger partial charge in [0.25, 0.3) is 0 Å². The van der Waals surface area contributed by atoms with E-state index >= 15 is 0 Å². The van der Waals surface area contributed by atoms with E-state index in [0.29, 0.717) is 0 Å². The summed E-state index contributed by atoms with van der Waals surface area (Å²) in [5.41, 5.74) is 0.767. The highest BCUT2D eigenvalue weighted by Crippen LogP contribution is 2.17. The number of nitrogens with zero attached hydrogens (tertiary/aromatic N) is 2. The van der Waals surface area contributed by atoms with Gasteiger partial charge in [-0.05, 0) is 25.1 Å². The molecule has 0 bridgehead atoms. The molecule has 1 rings (SSSR count). The average Bonchev–Trinajstić information content (AvgIpc) is 2.25. The van der Waals surface area contributed by atoms with Crippen molar-refractivity contribution in [2.45, 2.75) is 26.1 Å². The van der Waals surface area contributed by atoms with Gasteiger partial charge in [-0.25, -0.2) is 4.98 Å². The number of hydrogen-bond donors (Lipinski definition) is 1. The van der Waals surface area contributed by atoms with E-state index in [0.717, 1.165) is 24.3 Å². The summed E-state index contributed by atoms with van der Waals surface area (Å²) in [6.07, 6.45) is -1.56. The van der Waals surface area contributed by atoms with Crippen molar-refractivity contribution < 1.29 is 13.2 Å². The number of rotatable bonds is 6. The molecule has 0 aliphatic carbocycles. The average molecular weight is 261 g/mol. The molecule has 0 aliphatic rings. The summed E-state index contributed by atoms with van der Waals surface area (Å²) in [7, 11) is 1.44. The fraction of sp³-hybridized carbons (Fsp3) is 0.583. The van der Waals surface area contributed by atoms with Crippen molar-refractivity contribution in [3.8, 4) is 0 Å². The Balaban J connectivity index is 2.48. The molecule has 0 saturated heterocycles. The Morgan fingerprint density at radius 2 is 2.06 bits per heavy atom. The van der Waals surface area contributed by atoms with E-state index in [-0.39, 0.29) is 6.54 Å². The van der Waals surface area contributed by atoms with Crippen molar-refractivity contribution in [2.75, 3.05) is 25.5 Å². The molecule has 1 heterocycles. The standard InChI is InChI=1S/C12H18F3N3/c1-3-6-16-11-5-4-10(7-17-11)8-18(2)9-12(13,14)15/h4-5,7H,3,6,8-9H2,1-2H3,(H,16,17). The maximum absolute atomic E-state index is 12.1. The van der Waals surface area contributed by atoms with Crippen LogP contribution in [0.2, 0.25) is 0 Å². The zero-order valence-corrected chi connectivity index (χ0v) is 10.6. The quantitative estimate of drug-likeness (QED) is 0.853. The van der Waals surface area contributed by atoms with E-state index in [1.807, 2.05) is 6.92 Å². The normalized spacial score (nSPS) is 11.9. The third-order valence-corrected chi connectivity index (χ3v) is 2.28. The van der Waals surface area contributed by atoms with Crippen molar-refractivity contribution in [1.82, 2.24) is 9.88 Å². The van der Waals surface area contributed by atoms with Crippen LogP contribution in [0.5, 0.6) is 0 Å². The molecule has 0 radical (unpaired) electrons. The number of alkyl halides is 3. The molecule has 102 valence electrons. The van der Waals surface area contributed by atoms with Gasteiger partial charge in [0.2, 0.25) is 0 Å². The number of hydrogen-bond acceptors (Lipinski definition) is 3. The lowest BCUT2D eigenvalue weighted by Crippen LogP contribution is -2.30. The fourth-order valence-corrected chi connectivity index (χ4v) is 1.55. The molecule has 0 spiro atoms. The van der Waals surface area contributed by atoms with Crippen LogP contribution in [-0.2, 0) is 6.54 Å². The summed E-state index contributed by atoms with van der Waals surface area (Å²) in [5.74, 6) is 0.749. The molecule has 3 nitrogen and oxygen atoms in total. The van der Waals surface area contributed by atoms with Gasteiger partial charge < -0.3 is 5.32 Å². The first-order valence-corrected chi connectivity index (χ1v) is 5.85. The van der Waals surface area contributed by atoms with Crippen LogP contribution in [0, 0.1) is 0 Å². The van der Waals surface area contributed by atoms with Gasteiger partial charge in [0, 0.05) is 19.3 Å². The molecule has 0 amide bonds. The Morgan fingerprint density at radius 1 is 1.33 bits per heavy atom. The number of anilines is 1. The highest BCUT2D eigenvalue weighted by molar-refractivity contribution is 5.35. The molecule has 0 atom stereocenters. The van der Waals surface area contributed by atoms with Gasteiger partial charge in [-0.15, -0.1) is 0 Å². The maximum Gasteiger partial charge on any atom is 0.401 e. The van der Waals surface area contributed by atoms with Gasteiger partial charge in [0.15, 0.2) is 0 Å². The fourth-order valence-electron chi connectivity index (χ4n) is 1.55. The number of halogens is 3. The van der Waals surface area contributed by atoms with E-state index in [2.05, 4.69) is 10.3 Å². The molecule has 1 N–H and O–H groups in total. The van der Waals surface area contributed by atoms with Crippen molar-refractivity contribution in [2.24, 2.45) is 0 Å². The first-order valence-electron chi connectivity index (χ1n) is 5.85. The van der Waals surface area contributed by atoms with Gasteiger partial charge >= 0.3 is 6.18 Å². The molecule has 6 heteroatoms. The van der Waals surface area contributed by atoms with Gasteiger partial charge in [-0.1, -0.05) is 13.0 Å². The Bertz CT molecular complexity index is 349. The largest absolute Gasteiger partial charge is 0.401 e. The molecule has 0 unspecified atom stereocenters. The van der Waals surface area contributed by atoms with E-state index in [4.69, 9.17) is 0 Å². The summed E-state index contributed by atoms with van der Waals surface area (Å²) < 4.78 is 36.4. The monoisotopic (exact) mass is 261 g/mol. The van der Waals surface area contributed by atoms with Crippen LogP contribution >= 0.6 is 0 Å². The van der Waals surface area contributed by atoms with Crippen LogP contribution in [0.3, 0.4) is 0 Å². The number of aromatic nitrogens is 1. The zero-order valence-electron chi connectivity index (χ0n) is 10.6. The molecular formula is C12H18F3N3. The van der Waals surface area contributed by atoms with Gasteiger partial charge in [0.05, 0.1) is 6.54 Å². The van der Waals surface area contributed by atoms with Crippen LogP contribution < -0.4 is 5.32 Å². The second kappa shape index (κ2) is 6.58. The molecular weight excluding hydrogens is 243 g/mol. The Labute approximate surface area is 105 Å². The second-order valence-corrected chi connectivity index (χ2v) is 4.27. The Hall–Kier alpha value is -1.30. The van der Waals surface area contributed by atoms with Crippen molar-refractivity contribution >= 4 is 5.82 Å². The summed E-state index contributed by atoms with van der Waals surface area (Å²) in [6.45, 7) is 2.21. The molecule has 18 heavy (non-hydrogen) atoms. The van der Waals surface area contributed by atoms with Crippen molar-refractivity contribution in [3.63, 3.8) is 0 Å². The molecule has 0 aliphatic heterocycles. The lowest BCUT2D eigenvalue weighted by molar-refractivity contribution is -0.144. The first kappa shape index (κ1) is 14.8. The highest BCUT2D eigenvalue weighted by Gasteiger charge is 2.28. The van der Waals surface area contributed by atoms with Gasteiger partial charge in [0.1, 0.15) is 5.82 Å². The first-order chi connectivity index (χ1) is 8.40. The lowest BCUT2D eigenvalue weighted by Gasteiger charge is -2.18. The van der Waals surface area contributed by atoms with Gasteiger partial charge in [-0.2, -0.15) is 13.2 Å². The van der Waals surface area contributed by atoms with E-state index in [1.165, 1.54) is 11.9 Å². The number of nitrogens with one attached hydrogen (secondary N) is 1. The highest BCUT2D eigenvalue weighted by atomic mass is 19.4. The lowest BCUT2D eigenvalue weighted by atomic mass is 10.2. The molecule has 0 saturated carbocycles. The van der Waals surface area contributed by atoms with E-state index in [1.54, 1.807) is 18.3 Å². The SMILES string of the molecule is CCCNc1ccc(CN(C)CC(F)(F)F)cn1. The predicted molar refractivity (Wildman–Crippen MR) is 65.4 cm³/mol. The second-order valence-electron chi connectivity index (χ2n) is 4.27. The van der Waals surface area contributed by atoms with E-state index in [9.17, 15) is 13.2 Å². The third kappa shape index (κ3) is 5.86. The van der Waals surface area contributed by atoms with Crippen LogP contribution in [0.4, 0.5) is 19.0 Å². The third-order valence-electron chi connectivity index (χ3n) is 2.28. The summed E-state index contributed by atoms with van der Waals surface area (Å²) in [4.78, 5) is 5.37. The van der Waals surface area contributed by atoms with Gasteiger partial charge in [-0.3, -0.25) is 4.90 Å². The summed E-state index contributed by atoms with van der Waals surface area (Å²) >= 11 is 0. The van der Waals surface area contributed by atoms with E-state index < -0.39 is 12.7 Å². The summed E-state index contributed by atoms with van der Waals surface area (Å²) in [5, 5.41) is 3.11. The van der Waals surface area contributed by atoms with Crippen LogP contribution in [0.1, 0.15) is 18.9 Å². The predicted octanol–water partition coefficient (Wildman–Crippen LogP) is 2.90. The van der Waals surface area contributed by atoms with Crippen LogP contribution in [-0.4, -0.2) is 36.2 Å². The Morgan fingerprint density at radius 3 is 2.56 bits per heavy atom. The zero-order chi connectivity index (χ0) is 13.6. The minimum atomic E-state index is -4.16. The number of pyridine rings is 1. The van der Waals surface area contributed by atoms with Crippen molar-refractivity contribution in [1.29, 1.82) is 0 Å². The van der Waals surface area contributed by atoms with Crippen LogP contribution in [0.25, 0.3) is 0 Å². The molecule has 0 fully saturated rings. The smallest absolute Gasteiger partial charge is 0.370 e. The molecule has 0 aromatic carbocycles. The topological polar surface area (TPSA) is 28.2 Å². The minimum absolute atomic E-state index is 0.237. The van der Waals surface area contributed by atoms with Crippen LogP contribution in [0.15, 0.2) is 18.3 Å². The maximum atomic E-state index is 12.1. The minimum Gasteiger partial charge on any atom is -0.370 e. The summed E-state index contributed by atoms with van der Waals surface area (Å²) in [6, 6.07) is 3.57. The molecule has 1 aromatic heterocycles. The Kier molecular flexibility index (Phi) is 5.40. The molecule has 1 aromatic rings.